The molecule has 0 fully saturated rings. The first-order valence-corrected chi connectivity index (χ1v) is 7.09. The summed E-state index contributed by atoms with van der Waals surface area (Å²) in [7, 11) is 1.22. The lowest BCUT2D eigenvalue weighted by atomic mass is 9.93. The van der Waals surface area contributed by atoms with Gasteiger partial charge in [-0.1, -0.05) is 23.7 Å². The molecule has 0 aliphatic carbocycles. The van der Waals surface area contributed by atoms with E-state index in [1.54, 1.807) is 12.1 Å². The molecular weight excluding hydrogens is 324 g/mol. The number of esters is 1. The number of aliphatic hydroxyl groups is 3. The van der Waals surface area contributed by atoms with Crippen LogP contribution in [-0.2, 0) is 24.6 Å². The molecule has 0 unspecified atom stereocenters. The van der Waals surface area contributed by atoms with Gasteiger partial charge in [0.05, 0.1) is 32.0 Å². The fourth-order valence-electron chi connectivity index (χ4n) is 2.50. The molecule has 124 valence electrons. The van der Waals surface area contributed by atoms with Gasteiger partial charge < -0.3 is 30.8 Å². The molecule has 1 aromatic heterocycles. The van der Waals surface area contributed by atoms with Gasteiger partial charge in [0.15, 0.2) is 0 Å². The molecule has 0 amide bonds. The van der Waals surface area contributed by atoms with Gasteiger partial charge in [-0.25, -0.2) is 4.79 Å². The lowest BCUT2D eigenvalue weighted by molar-refractivity contribution is 0.0595. The molecule has 0 atom stereocenters. The van der Waals surface area contributed by atoms with Crippen molar-refractivity contribution in [3.05, 3.63) is 39.5 Å². The normalized spacial score (nSPS) is 10.8. The number of carbonyl (C=O) groups excluding carboxylic acids is 1. The number of H-pyrrole nitrogens is 1. The maximum Gasteiger partial charge on any atom is 0.356 e. The van der Waals surface area contributed by atoms with E-state index in [4.69, 9.17) is 17.3 Å². The van der Waals surface area contributed by atoms with Crippen LogP contribution in [0.25, 0.3) is 11.1 Å². The van der Waals surface area contributed by atoms with Gasteiger partial charge in [0.25, 0.3) is 0 Å². The Morgan fingerprint density at radius 1 is 1.22 bits per heavy atom. The van der Waals surface area contributed by atoms with Crippen molar-refractivity contribution in [2.24, 2.45) is 0 Å². The number of methoxy groups -OCH3 is 1. The molecule has 0 saturated heterocycles. The molecule has 0 spiro atoms. The second kappa shape index (κ2) is 7.01. The van der Waals surface area contributed by atoms with Crippen molar-refractivity contribution in [1.29, 1.82) is 0 Å². The Balaban J connectivity index is 2.73. The van der Waals surface area contributed by atoms with Crippen LogP contribution < -0.4 is 5.73 Å². The SMILES string of the molecule is COC(=O)c1[nH]c(N)c(-c2ccc(CO)c(CO)c2CO)c1Cl. The Labute approximate surface area is 137 Å². The number of anilines is 1. The number of ether oxygens (including phenoxy) is 1. The highest BCUT2D eigenvalue weighted by atomic mass is 35.5. The smallest absolute Gasteiger partial charge is 0.356 e. The minimum Gasteiger partial charge on any atom is -0.464 e. The molecule has 6 N–H and O–H groups in total. The third kappa shape index (κ3) is 2.91. The standard InChI is InChI=1S/C15H17ClN2O5/c1-23-15(22)13-12(16)11(14(17)18-13)8-3-2-7(4-19)9(5-20)10(8)6-21/h2-3,18-21H,4-6,17H2,1H3. The molecule has 0 radical (unpaired) electrons. The Morgan fingerprint density at radius 3 is 2.39 bits per heavy atom. The quantitative estimate of drug-likeness (QED) is 0.520. The van der Waals surface area contributed by atoms with E-state index in [-0.39, 0.29) is 29.7 Å². The summed E-state index contributed by atoms with van der Waals surface area (Å²) >= 11 is 6.23. The number of nitrogens with one attached hydrogen (secondary N) is 1. The average molecular weight is 341 g/mol. The highest BCUT2D eigenvalue weighted by molar-refractivity contribution is 6.37. The lowest BCUT2D eigenvalue weighted by Gasteiger charge is -2.15. The number of hydrogen-bond acceptors (Lipinski definition) is 6. The highest BCUT2D eigenvalue weighted by Gasteiger charge is 2.24. The Morgan fingerprint density at radius 2 is 1.87 bits per heavy atom. The highest BCUT2D eigenvalue weighted by Crippen LogP contribution is 2.39. The van der Waals surface area contributed by atoms with Gasteiger partial charge >= 0.3 is 5.97 Å². The molecular formula is C15H17ClN2O5. The van der Waals surface area contributed by atoms with Gasteiger partial charge in [-0.05, 0) is 22.3 Å². The summed E-state index contributed by atoms with van der Waals surface area (Å²) in [6, 6.07) is 3.21. The fraction of sp³-hybridized carbons (Fsp3) is 0.267. The molecule has 1 heterocycles. The molecule has 1 aromatic carbocycles. The van der Waals surface area contributed by atoms with Crippen LogP contribution in [0.3, 0.4) is 0 Å². The zero-order valence-corrected chi connectivity index (χ0v) is 13.1. The van der Waals surface area contributed by atoms with E-state index in [1.165, 1.54) is 7.11 Å². The summed E-state index contributed by atoms with van der Waals surface area (Å²) in [6.45, 7) is -1.05. The minimum absolute atomic E-state index is 0.00217. The zero-order chi connectivity index (χ0) is 17.1. The van der Waals surface area contributed by atoms with Crippen LogP contribution in [0.5, 0.6) is 0 Å². The molecule has 23 heavy (non-hydrogen) atoms. The number of halogens is 1. The minimum atomic E-state index is -0.673. The number of aromatic amines is 1. The van der Waals surface area contributed by atoms with Crippen LogP contribution in [0, 0.1) is 0 Å². The number of rotatable bonds is 5. The third-order valence-electron chi connectivity index (χ3n) is 3.64. The number of hydrogen-bond donors (Lipinski definition) is 5. The first-order chi connectivity index (χ1) is 11.0. The number of aliphatic hydroxyl groups excluding tert-OH is 3. The van der Waals surface area contributed by atoms with Gasteiger partial charge in [-0.3, -0.25) is 0 Å². The van der Waals surface area contributed by atoms with Crippen LogP contribution in [0.4, 0.5) is 5.82 Å². The molecule has 0 saturated carbocycles. The molecule has 8 heteroatoms. The molecule has 2 rings (SSSR count). The average Bonchev–Trinajstić information content (AvgIpc) is 2.86. The number of nitrogens with two attached hydrogens (primary N) is 1. The summed E-state index contributed by atoms with van der Waals surface area (Å²) in [5.74, 6) is -0.543. The van der Waals surface area contributed by atoms with Gasteiger partial charge in [0.2, 0.25) is 0 Å². The van der Waals surface area contributed by atoms with Crippen molar-refractivity contribution in [2.75, 3.05) is 12.8 Å². The van der Waals surface area contributed by atoms with Crippen molar-refractivity contribution in [3.63, 3.8) is 0 Å². The van der Waals surface area contributed by atoms with Crippen LogP contribution in [-0.4, -0.2) is 33.4 Å². The summed E-state index contributed by atoms with van der Waals surface area (Å²) in [5, 5.41) is 28.6. The van der Waals surface area contributed by atoms with Crippen molar-refractivity contribution < 1.29 is 24.9 Å². The van der Waals surface area contributed by atoms with Gasteiger partial charge in [-0.2, -0.15) is 0 Å². The zero-order valence-electron chi connectivity index (χ0n) is 12.4. The predicted molar refractivity (Wildman–Crippen MR) is 84.8 cm³/mol. The number of nitrogen functional groups attached to an aromatic ring is 1. The summed E-state index contributed by atoms with van der Waals surface area (Å²) in [5.41, 5.74) is 7.96. The van der Waals surface area contributed by atoms with Gasteiger partial charge in [0.1, 0.15) is 11.5 Å². The Kier molecular flexibility index (Phi) is 5.27. The molecule has 7 nitrogen and oxygen atoms in total. The first-order valence-electron chi connectivity index (χ1n) is 6.71. The fourth-order valence-corrected chi connectivity index (χ4v) is 2.83. The maximum absolute atomic E-state index is 11.7. The third-order valence-corrected chi connectivity index (χ3v) is 4.02. The van der Waals surface area contributed by atoms with E-state index in [1.807, 2.05) is 0 Å². The monoisotopic (exact) mass is 340 g/mol. The number of benzene rings is 1. The van der Waals surface area contributed by atoms with E-state index in [0.29, 0.717) is 27.8 Å². The molecule has 0 aliphatic heterocycles. The van der Waals surface area contributed by atoms with Crippen LogP contribution in [0.1, 0.15) is 27.2 Å². The second-order valence-electron chi connectivity index (χ2n) is 4.80. The second-order valence-corrected chi connectivity index (χ2v) is 5.18. The Hall–Kier alpha value is -2.06. The summed E-state index contributed by atoms with van der Waals surface area (Å²) in [6.07, 6.45) is 0. The Bertz CT molecular complexity index is 742. The molecule has 0 aliphatic rings. The lowest BCUT2D eigenvalue weighted by Crippen LogP contribution is -2.04. The van der Waals surface area contributed by atoms with Crippen LogP contribution in [0.15, 0.2) is 12.1 Å². The molecule has 2 aromatic rings. The van der Waals surface area contributed by atoms with E-state index in [0.717, 1.165) is 0 Å². The molecule has 0 bridgehead atoms. The van der Waals surface area contributed by atoms with E-state index >= 15 is 0 Å². The summed E-state index contributed by atoms with van der Waals surface area (Å²) < 4.78 is 4.63. The summed E-state index contributed by atoms with van der Waals surface area (Å²) in [4.78, 5) is 14.4. The van der Waals surface area contributed by atoms with Crippen LogP contribution in [0.2, 0.25) is 5.02 Å². The van der Waals surface area contributed by atoms with Crippen molar-refractivity contribution in [1.82, 2.24) is 4.98 Å². The van der Waals surface area contributed by atoms with Crippen molar-refractivity contribution in [2.45, 2.75) is 19.8 Å². The number of carbonyl (C=O) groups is 1. The van der Waals surface area contributed by atoms with Crippen molar-refractivity contribution >= 4 is 23.4 Å². The first kappa shape index (κ1) is 17.3. The predicted octanol–water partition coefficient (Wildman–Crippen LogP) is 1.18. The maximum atomic E-state index is 11.7. The van der Waals surface area contributed by atoms with E-state index in [2.05, 4.69) is 9.72 Å². The van der Waals surface area contributed by atoms with Gasteiger partial charge in [-0.15, -0.1) is 0 Å². The topological polar surface area (TPSA) is 129 Å². The van der Waals surface area contributed by atoms with E-state index < -0.39 is 12.6 Å². The van der Waals surface area contributed by atoms with Crippen LogP contribution >= 0.6 is 11.6 Å². The van der Waals surface area contributed by atoms with Gasteiger partial charge in [0, 0.05) is 5.56 Å². The van der Waals surface area contributed by atoms with Crippen molar-refractivity contribution in [3.8, 4) is 11.1 Å². The number of aromatic nitrogens is 1. The van der Waals surface area contributed by atoms with E-state index in [9.17, 15) is 20.1 Å². The largest absolute Gasteiger partial charge is 0.464 e.